The molecular weight excluding hydrogens is 508 g/mol. The number of carbonyl (C=O) groups excluding carboxylic acids is 1. The van der Waals surface area contributed by atoms with Crippen LogP contribution in [0.5, 0.6) is 0 Å². The lowest BCUT2D eigenvalue weighted by atomic mass is 9.77. The van der Waals surface area contributed by atoms with Crippen LogP contribution in [0.1, 0.15) is 25.7 Å². The molecule has 2 saturated heterocycles. The topological polar surface area (TPSA) is 155 Å². The van der Waals surface area contributed by atoms with E-state index in [2.05, 4.69) is 15.3 Å². The number of nitrogens with zero attached hydrogens (tertiary/aromatic N) is 4. The van der Waals surface area contributed by atoms with Crippen LogP contribution in [0.4, 0.5) is 11.8 Å². The lowest BCUT2D eigenvalue weighted by molar-refractivity contribution is -0.135. The van der Waals surface area contributed by atoms with Crippen LogP contribution in [-0.4, -0.2) is 92.6 Å². The summed E-state index contributed by atoms with van der Waals surface area (Å²) in [4.78, 5) is 42.5. The number of aliphatic hydroxyl groups is 3. The summed E-state index contributed by atoms with van der Waals surface area (Å²) in [5.74, 6) is 0.381. The van der Waals surface area contributed by atoms with Crippen molar-refractivity contribution in [2.75, 3.05) is 43.5 Å². The van der Waals surface area contributed by atoms with Gasteiger partial charge < -0.3 is 30.4 Å². The number of benzene rings is 1. The molecule has 4 atom stereocenters. The van der Waals surface area contributed by atoms with Crippen LogP contribution in [0.15, 0.2) is 29.1 Å². The maximum atomic E-state index is 13.6. The Kier molecular flexibility index (Phi) is 6.37. The van der Waals surface area contributed by atoms with Gasteiger partial charge in [0.1, 0.15) is 22.5 Å². The van der Waals surface area contributed by atoms with E-state index in [1.165, 1.54) is 11.3 Å². The van der Waals surface area contributed by atoms with Crippen LogP contribution in [0.2, 0.25) is 0 Å². The number of H-pyrrole nitrogens is 1. The third-order valence-corrected chi connectivity index (χ3v) is 9.57. The van der Waals surface area contributed by atoms with E-state index in [9.17, 15) is 24.9 Å². The fourth-order valence-corrected chi connectivity index (χ4v) is 7.13. The molecule has 3 aliphatic rings. The van der Waals surface area contributed by atoms with Crippen LogP contribution < -0.4 is 15.8 Å². The van der Waals surface area contributed by atoms with Crippen molar-refractivity contribution in [1.82, 2.24) is 19.9 Å². The van der Waals surface area contributed by atoms with Crippen molar-refractivity contribution in [2.24, 2.45) is 11.3 Å². The van der Waals surface area contributed by atoms with Crippen LogP contribution in [-0.2, 0) is 4.79 Å². The molecule has 3 aromatic rings. The van der Waals surface area contributed by atoms with Crippen molar-refractivity contribution in [3.63, 3.8) is 0 Å². The van der Waals surface area contributed by atoms with E-state index in [0.29, 0.717) is 43.3 Å². The summed E-state index contributed by atoms with van der Waals surface area (Å²) in [6.45, 7) is 1.68. The summed E-state index contributed by atoms with van der Waals surface area (Å²) in [5.41, 5.74) is 0.341. The van der Waals surface area contributed by atoms with E-state index >= 15 is 0 Å². The fraction of sp³-hybridized carbons (Fsp3) is 0.538. The number of anilines is 2. The second-order valence-corrected chi connectivity index (χ2v) is 11.8. The Morgan fingerprint density at radius 2 is 1.84 bits per heavy atom. The van der Waals surface area contributed by atoms with Crippen LogP contribution in [0, 0.1) is 11.3 Å². The molecule has 1 saturated carbocycles. The molecule has 0 bridgehead atoms. The van der Waals surface area contributed by atoms with Gasteiger partial charge in [0.2, 0.25) is 11.9 Å². The minimum absolute atomic E-state index is 0.194. The Morgan fingerprint density at radius 1 is 1.11 bits per heavy atom. The van der Waals surface area contributed by atoms with Crippen LogP contribution >= 0.6 is 11.3 Å². The summed E-state index contributed by atoms with van der Waals surface area (Å²) in [6, 6.07) is 7.02. The number of aliphatic hydroxyl groups excluding tert-OH is 3. The normalized spacial score (nSPS) is 27.1. The standard InChI is InChI=1S/C26H32N6O5S/c1-31-9-6-26(24(31)37)7-10-32(11-8-26)25-29-21(27-16-12-14(13-33)19(34)20(16)35)18(22(36)30-25)23-28-15-4-2-3-5-17(15)38-23/h2-5,14,16,19-20,33-35H,6-13H2,1H3,(H2,27,29,30,36)/t14-,16-,19-,20+/m1/s1. The zero-order valence-corrected chi connectivity index (χ0v) is 21.9. The molecule has 4 heterocycles. The summed E-state index contributed by atoms with van der Waals surface area (Å²) in [7, 11) is 1.84. The lowest BCUT2D eigenvalue weighted by Crippen LogP contribution is -2.45. The van der Waals surface area contributed by atoms with Crippen molar-refractivity contribution < 1.29 is 20.1 Å². The van der Waals surface area contributed by atoms with E-state index in [4.69, 9.17) is 4.98 Å². The van der Waals surface area contributed by atoms with E-state index in [1.807, 2.05) is 36.2 Å². The van der Waals surface area contributed by atoms with E-state index in [0.717, 1.165) is 23.2 Å². The molecular formula is C26H32N6O5S. The van der Waals surface area contributed by atoms with E-state index < -0.39 is 24.2 Å². The Bertz CT molecular complexity index is 1380. The largest absolute Gasteiger partial charge is 0.396 e. The summed E-state index contributed by atoms with van der Waals surface area (Å²) in [6.07, 6.45) is 0.341. The molecule has 0 radical (unpaired) electrons. The summed E-state index contributed by atoms with van der Waals surface area (Å²) in [5, 5.41) is 34.3. The van der Waals surface area contributed by atoms with Gasteiger partial charge in [0.15, 0.2) is 0 Å². The number of aromatic amines is 1. The molecule has 1 amide bonds. The van der Waals surface area contributed by atoms with Gasteiger partial charge in [0.05, 0.1) is 27.8 Å². The Balaban J connectivity index is 1.35. The molecule has 38 heavy (non-hydrogen) atoms. The zero-order valence-electron chi connectivity index (χ0n) is 21.1. The second kappa shape index (κ2) is 9.60. The Hall–Kier alpha value is -3.06. The van der Waals surface area contributed by atoms with Gasteiger partial charge in [0.25, 0.3) is 5.56 Å². The first-order valence-corrected chi connectivity index (χ1v) is 13.9. The highest BCUT2D eigenvalue weighted by Gasteiger charge is 2.47. The minimum atomic E-state index is -1.12. The predicted molar refractivity (Wildman–Crippen MR) is 144 cm³/mol. The number of piperidine rings is 1. The number of hydrogen-bond acceptors (Lipinski definition) is 10. The highest BCUT2D eigenvalue weighted by molar-refractivity contribution is 7.21. The van der Waals surface area contributed by atoms with E-state index in [-0.39, 0.29) is 34.9 Å². The zero-order chi connectivity index (χ0) is 26.6. The molecule has 6 rings (SSSR count). The van der Waals surface area contributed by atoms with Crippen molar-refractivity contribution in [3.05, 3.63) is 34.6 Å². The van der Waals surface area contributed by atoms with Gasteiger partial charge >= 0.3 is 0 Å². The maximum Gasteiger partial charge on any atom is 0.264 e. The van der Waals surface area contributed by atoms with Gasteiger partial charge in [-0.05, 0) is 37.8 Å². The number of fused-ring (bicyclic) bond motifs is 1. The average Bonchev–Trinajstić information content (AvgIpc) is 3.55. The van der Waals surface area contributed by atoms with Crippen molar-refractivity contribution >= 4 is 39.2 Å². The van der Waals surface area contributed by atoms with Gasteiger partial charge in [-0.2, -0.15) is 4.98 Å². The fourth-order valence-electron chi connectivity index (χ4n) is 6.12. The molecule has 202 valence electrons. The second-order valence-electron chi connectivity index (χ2n) is 10.8. The molecule has 2 aromatic heterocycles. The highest BCUT2D eigenvalue weighted by atomic mass is 32.1. The van der Waals surface area contributed by atoms with Gasteiger partial charge in [0, 0.05) is 39.2 Å². The number of carbonyl (C=O) groups is 1. The average molecular weight is 541 g/mol. The number of rotatable bonds is 5. The molecule has 1 aromatic carbocycles. The highest BCUT2D eigenvalue weighted by Crippen LogP contribution is 2.42. The lowest BCUT2D eigenvalue weighted by Gasteiger charge is -2.38. The first-order valence-electron chi connectivity index (χ1n) is 13.0. The molecule has 11 nitrogen and oxygen atoms in total. The Labute approximate surface area is 223 Å². The van der Waals surface area contributed by atoms with Crippen molar-refractivity contribution in [2.45, 2.75) is 43.9 Å². The molecule has 12 heteroatoms. The first kappa shape index (κ1) is 25.2. The number of aromatic nitrogens is 3. The number of thiazole rings is 1. The van der Waals surface area contributed by atoms with Crippen molar-refractivity contribution in [3.8, 4) is 10.6 Å². The molecule has 1 aliphatic carbocycles. The SMILES string of the molecule is CN1CCC2(CCN(c3nc(N[C@@H]4C[C@H](CO)[C@@H](O)[C@H]4O)c(-c4nc5ccccc5s4)c(=O)[nH]3)CC2)C1=O. The number of para-hydroxylation sites is 1. The number of nitrogens with one attached hydrogen (secondary N) is 2. The predicted octanol–water partition coefficient (Wildman–Crippen LogP) is 1.01. The first-order chi connectivity index (χ1) is 18.3. The quantitative estimate of drug-likeness (QED) is 0.319. The molecule has 2 aliphatic heterocycles. The number of likely N-dealkylation sites (tertiary alicyclic amines) is 1. The van der Waals surface area contributed by atoms with Crippen LogP contribution in [0.25, 0.3) is 20.8 Å². The van der Waals surface area contributed by atoms with Gasteiger partial charge in [-0.15, -0.1) is 11.3 Å². The smallest absolute Gasteiger partial charge is 0.264 e. The molecule has 3 fully saturated rings. The van der Waals surface area contributed by atoms with Gasteiger partial charge in [-0.25, -0.2) is 4.98 Å². The van der Waals surface area contributed by atoms with Gasteiger partial charge in [-0.3, -0.25) is 14.6 Å². The summed E-state index contributed by atoms with van der Waals surface area (Å²) >= 11 is 1.38. The number of amides is 1. The van der Waals surface area contributed by atoms with Crippen LogP contribution in [0.3, 0.4) is 0 Å². The third-order valence-electron chi connectivity index (χ3n) is 8.52. The monoisotopic (exact) mass is 540 g/mol. The van der Waals surface area contributed by atoms with E-state index in [1.54, 1.807) is 4.90 Å². The minimum Gasteiger partial charge on any atom is -0.396 e. The van der Waals surface area contributed by atoms with Gasteiger partial charge in [-0.1, -0.05) is 12.1 Å². The molecule has 5 N–H and O–H groups in total. The molecule has 0 unspecified atom stereocenters. The third kappa shape index (κ3) is 4.15. The summed E-state index contributed by atoms with van der Waals surface area (Å²) < 4.78 is 0.932. The maximum absolute atomic E-state index is 13.6. The molecule has 1 spiro atoms. The van der Waals surface area contributed by atoms with Crippen molar-refractivity contribution in [1.29, 1.82) is 0 Å². The Morgan fingerprint density at radius 3 is 2.50 bits per heavy atom. The number of hydrogen-bond donors (Lipinski definition) is 5.